The van der Waals surface area contributed by atoms with Gasteiger partial charge in [-0.2, -0.15) is 0 Å². The Kier molecular flexibility index (Phi) is 2.67. The lowest BCUT2D eigenvalue weighted by molar-refractivity contribution is -0.331. The fraction of sp³-hybridized carbons (Fsp3) is 1.00. The molecule has 5 N–H and O–H groups in total. The Labute approximate surface area is 68.6 Å². The molecule has 0 amide bonds. The van der Waals surface area contributed by atoms with Crippen LogP contribution in [0.5, 0.6) is 0 Å². The summed E-state index contributed by atoms with van der Waals surface area (Å²) >= 11 is 0. The molecule has 6 heteroatoms. The lowest BCUT2D eigenvalue weighted by atomic mass is 9.98. The van der Waals surface area contributed by atoms with Crippen molar-refractivity contribution in [3.63, 3.8) is 0 Å². The molecule has 1 unspecified atom stereocenters. The smallest absolute Gasteiger partial charge is 0.218 e. The summed E-state index contributed by atoms with van der Waals surface area (Å²) in [6.45, 7) is -1.16. The molecule has 4 atom stereocenters. The minimum absolute atomic E-state index is 0.324. The van der Waals surface area contributed by atoms with Crippen molar-refractivity contribution in [2.24, 2.45) is 0 Å². The van der Waals surface area contributed by atoms with Gasteiger partial charge in [-0.25, -0.2) is 0 Å². The minimum Gasteiger partial charge on any atom is -0.391 e. The molecule has 0 aromatic rings. The van der Waals surface area contributed by atoms with Crippen LogP contribution in [0.2, 0.25) is 0 Å². The van der Waals surface area contributed by atoms with E-state index in [1.807, 2.05) is 0 Å². The van der Waals surface area contributed by atoms with Crippen molar-refractivity contribution in [3.05, 3.63) is 0 Å². The van der Waals surface area contributed by atoms with Crippen molar-refractivity contribution in [1.29, 1.82) is 0 Å². The lowest BCUT2D eigenvalue weighted by Gasteiger charge is -2.40. The predicted octanol–water partition coefficient (Wildman–Crippen LogP) is -3.22. The second kappa shape index (κ2) is 3.25. The molecule has 0 aromatic heterocycles. The Morgan fingerprint density at radius 2 is 1.92 bits per heavy atom. The Morgan fingerprint density at radius 3 is 2.42 bits per heavy atom. The van der Waals surface area contributed by atoms with Crippen LogP contribution in [0.25, 0.3) is 0 Å². The van der Waals surface area contributed by atoms with E-state index >= 15 is 0 Å². The van der Waals surface area contributed by atoms with E-state index in [1.54, 1.807) is 0 Å². The maximum atomic E-state index is 9.24. The average molecular weight is 180 g/mol. The van der Waals surface area contributed by atoms with E-state index in [4.69, 9.17) is 20.4 Å². The molecule has 0 saturated carbocycles. The second-order valence-electron chi connectivity index (χ2n) is 2.82. The molecule has 12 heavy (non-hydrogen) atoms. The molecule has 0 bridgehead atoms. The molecule has 0 spiro atoms. The first-order chi connectivity index (χ1) is 5.51. The van der Waals surface area contributed by atoms with E-state index in [-0.39, 0.29) is 6.61 Å². The van der Waals surface area contributed by atoms with E-state index < -0.39 is 30.7 Å². The first-order valence-electron chi connectivity index (χ1n) is 3.52. The standard InChI is InChI=1S/C6H12O6/c7-2-6(11)5(10)4(9)3(8)1-12-6/h3-5,7-11H,1-2H2/t3-,4+,5+,6?/m0/s1. The quantitative estimate of drug-likeness (QED) is 0.290. The van der Waals surface area contributed by atoms with E-state index in [9.17, 15) is 5.11 Å². The molecule has 1 rings (SSSR count). The summed E-state index contributed by atoms with van der Waals surface area (Å²) in [6, 6.07) is 0. The Balaban J connectivity index is 2.71. The van der Waals surface area contributed by atoms with Crippen LogP contribution in [0, 0.1) is 0 Å². The summed E-state index contributed by atoms with van der Waals surface area (Å²) in [5.41, 5.74) is 0. The fourth-order valence-corrected chi connectivity index (χ4v) is 1.03. The van der Waals surface area contributed by atoms with Crippen molar-refractivity contribution >= 4 is 0 Å². The molecule has 0 radical (unpaired) electrons. The summed E-state index contributed by atoms with van der Waals surface area (Å²) in [4.78, 5) is 0. The molecular formula is C6H12O6. The molecule has 1 aliphatic heterocycles. The third-order valence-electron chi connectivity index (χ3n) is 1.91. The van der Waals surface area contributed by atoms with Crippen LogP contribution in [-0.4, -0.2) is 62.8 Å². The molecule has 1 heterocycles. The van der Waals surface area contributed by atoms with Gasteiger partial charge in [-0.05, 0) is 0 Å². The number of aliphatic hydroxyl groups is 5. The predicted molar refractivity (Wildman–Crippen MR) is 36.0 cm³/mol. The highest BCUT2D eigenvalue weighted by Crippen LogP contribution is 2.22. The van der Waals surface area contributed by atoms with Crippen molar-refractivity contribution in [2.45, 2.75) is 24.1 Å². The van der Waals surface area contributed by atoms with Crippen molar-refractivity contribution in [1.82, 2.24) is 0 Å². The van der Waals surface area contributed by atoms with Crippen LogP contribution in [0.15, 0.2) is 0 Å². The highest BCUT2D eigenvalue weighted by molar-refractivity contribution is 4.90. The van der Waals surface area contributed by atoms with Crippen LogP contribution in [0.1, 0.15) is 0 Å². The van der Waals surface area contributed by atoms with Gasteiger partial charge in [0, 0.05) is 0 Å². The summed E-state index contributed by atoms with van der Waals surface area (Å²) in [5, 5.41) is 45.0. The normalized spacial score (nSPS) is 49.2. The van der Waals surface area contributed by atoms with Crippen molar-refractivity contribution in [2.75, 3.05) is 13.2 Å². The third-order valence-corrected chi connectivity index (χ3v) is 1.91. The number of aliphatic hydroxyl groups excluding tert-OH is 4. The van der Waals surface area contributed by atoms with Gasteiger partial charge < -0.3 is 30.3 Å². The highest BCUT2D eigenvalue weighted by atomic mass is 16.7. The van der Waals surface area contributed by atoms with Gasteiger partial charge >= 0.3 is 0 Å². The molecule has 0 aliphatic carbocycles. The van der Waals surface area contributed by atoms with Crippen LogP contribution in [0.4, 0.5) is 0 Å². The summed E-state index contributed by atoms with van der Waals surface area (Å²) < 4.78 is 4.56. The van der Waals surface area contributed by atoms with Gasteiger partial charge in [-0.15, -0.1) is 0 Å². The molecule has 72 valence electrons. The van der Waals surface area contributed by atoms with Crippen molar-refractivity contribution in [3.8, 4) is 0 Å². The van der Waals surface area contributed by atoms with Crippen LogP contribution in [-0.2, 0) is 4.74 Å². The SMILES string of the molecule is OCC1(O)OC[C@H](O)[C@@H](O)[C@H]1O. The van der Waals surface area contributed by atoms with Gasteiger partial charge in [0.1, 0.15) is 18.3 Å². The first-order valence-corrected chi connectivity index (χ1v) is 3.52. The zero-order chi connectivity index (χ0) is 9.35. The van der Waals surface area contributed by atoms with Crippen LogP contribution < -0.4 is 0 Å². The van der Waals surface area contributed by atoms with Crippen LogP contribution in [0.3, 0.4) is 0 Å². The summed E-state index contributed by atoms with van der Waals surface area (Å²) in [5.74, 6) is -2.17. The van der Waals surface area contributed by atoms with Gasteiger partial charge in [0.05, 0.1) is 13.2 Å². The zero-order valence-electron chi connectivity index (χ0n) is 6.29. The van der Waals surface area contributed by atoms with E-state index in [0.29, 0.717) is 0 Å². The monoisotopic (exact) mass is 180 g/mol. The largest absolute Gasteiger partial charge is 0.391 e. The topological polar surface area (TPSA) is 110 Å². The van der Waals surface area contributed by atoms with E-state index in [0.717, 1.165) is 0 Å². The summed E-state index contributed by atoms with van der Waals surface area (Å²) in [7, 11) is 0. The number of ether oxygens (including phenoxy) is 1. The zero-order valence-corrected chi connectivity index (χ0v) is 6.29. The van der Waals surface area contributed by atoms with Gasteiger partial charge in [-0.1, -0.05) is 0 Å². The van der Waals surface area contributed by atoms with Crippen LogP contribution >= 0.6 is 0 Å². The Morgan fingerprint density at radius 1 is 1.33 bits per heavy atom. The number of hydrogen-bond donors (Lipinski definition) is 5. The minimum atomic E-state index is -2.17. The summed E-state index contributed by atoms with van der Waals surface area (Å²) in [6.07, 6.45) is -4.45. The molecule has 1 fully saturated rings. The van der Waals surface area contributed by atoms with Gasteiger partial charge in [-0.3, -0.25) is 0 Å². The van der Waals surface area contributed by atoms with Crippen molar-refractivity contribution < 1.29 is 30.3 Å². The van der Waals surface area contributed by atoms with Gasteiger partial charge in [0.25, 0.3) is 0 Å². The number of hydrogen-bond acceptors (Lipinski definition) is 6. The molecule has 1 aliphatic rings. The van der Waals surface area contributed by atoms with E-state index in [2.05, 4.69) is 4.74 Å². The Hall–Kier alpha value is -0.240. The maximum Gasteiger partial charge on any atom is 0.218 e. The van der Waals surface area contributed by atoms with E-state index in [1.165, 1.54) is 0 Å². The maximum absolute atomic E-state index is 9.24. The third kappa shape index (κ3) is 1.45. The Bertz CT molecular complexity index is 162. The fourth-order valence-electron chi connectivity index (χ4n) is 1.03. The highest BCUT2D eigenvalue weighted by Gasteiger charge is 2.47. The molecule has 0 aromatic carbocycles. The number of rotatable bonds is 1. The molecule has 6 nitrogen and oxygen atoms in total. The molecule has 1 saturated heterocycles. The lowest BCUT2D eigenvalue weighted by Crippen LogP contribution is -2.62. The van der Waals surface area contributed by atoms with Gasteiger partial charge in [0.2, 0.25) is 5.79 Å². The second-order valence-corrected chi connectivity index (χ2v) is 2.82. The average Bonchev–Trinajstić information content (AvgIpc) is 2.09. The first kappa shape index (κ1) is 9.85. The molecular weight excluding hydrogens is 168 g/mol. The van der Waals surface area contributed by atoms with Gasteiger partial charge in [0.15, 0.2) is 0 Å².